The summed E-state index contributed by atoms with van der Waals surface area (Å²) >= 11 is 0. The quantitative estimate of drug-likeness (QED) is 0.820. The highest BCUT2D eigenvalue weighted by molar-refractivity contribution is 5.92. The molecule has 1 N–H and O–H groups in total. The topological polar surface area (TPSA) is 57.6 Å². The smallest absolute Gasteiger partial charge is 0.303 e. The normalized spacial score (nSPS) is 15.7. The molecule has 94 valence electrons. The number of likely N-dealkylation sites (tertiary alicyclic amines) is 1. The number of hydrogen-bond acceptors (Lipinski definition) is 2. The lowest BCUT2D eigenvalue weighted by molar-refractivity contribution is -0.143. The van der Waals surface area contributed by atoms with Gasteiger partial charge in [-0.3, -0.25) is 9.59 Å². The molecule has 1 aliphatic rings. The molecule has 0 saturated carbocycles. The van der Waals surface area contributed by atoms with Gasteiger partial charge in [-0.05, 0) is 11.6 Å². The van der Waals surface area contributed by atoms with Gasteiger partial charge in [0.15, 0.2) is 0 Å². The average Bonchev–Trinajstić information content (AvgIpc) is 2.31. The predicted octanol–water partition coefficient (Wildman–Crippen LogP) is 1.63. The molecule has 1 aromatic rings. The van der Waals surface area contributed by atoms with E-state index in [1.54, 1.807) is 11.0 Å². The van der Waals surface area contributed by atoms with Crippen LogP contribution in [0.2, 0.25) is 0 Å². The number of hydrogen-bond donors (Lipinski definition) is 1. The summed E-state index contributed by atoms with van der Waals surface area (Å²) in [5.74, 6) is -0.746. The molecule has 1 aromatic carbocycles. The molecule has 18 heavy (non-hydrogen) atoms. The van der Waals surface area contributed by atoms with Crippen LogP contribution in [-0.4, -0.2) is 35.0 Å². The van der Waals surface area contributed by atoms with Gasteiger partial charge in [0.05, 0.1) is 6.42 Å². The van der Waals surface area contributed by atoms with Gasteiger partial charge in [-0.15, -0.1) is 0 Å². The van der Waals surface area contributed by atoms with Crippen LogP contribution >= 0.6 is 0 Å². The lowest BCUT2D eigenvalue weighted by Crippen LogP contribution is -2.49. The molecule has 2 rings (SSSR count). The minimum absolute atomic E-state index is 0.0551. The van der Waals surface area contributed by atoms with Gasteiger partial charge >= 0.3 is 5.97 Å². The Balaban J connectivity index is 1.81. The second-order valence-electron chi connectivity index (χ2n) is 4.45. The van der Waals surface area contributed by atoms with Crippen molar-refractivity contribution in [3.8, 4) is 0 Å². The van der Waals surface area contributed by atoms with Gasteiger partial charge in [0.1, 0.15) is 0 Å². The van der Waals surface area contributed by atoms with E-state index in [-0.39, 0.29) is 18.2 Å². The molecule has 1 heterocycles. The number of rotatable bonds is 4. The third-order valence-corrected chi connectivity index (χ3v) is 2.95. The van der Waals surface area contributed by atoms with E-state index in [1.165, 1.54) is 6.08 Å². The summed E-state index contributed by atoms with van der Waals surface area (Å²) in [6, 6.07) is 9.60. The fourth-order valence-electron chi connectivity index (χ4n) is 1.96. The SMILES string of the molecule is O=C(O)CC1CN(C(=O)C=Cc2ccccc2)C1. The van der Waals surface area contributed by atoms with Crippen LogP contribution in [0.3, 0.4) is 0 Å². The Morgan fingerprint density at radius 2 is 1.94 bits per heavy atom. The van der Waals surface area contributed by atoms with E-state index in [9.17, 15) is 9.59 Å². The minimum Gasteiger partial charge on any atom is -0.481 e. The zero-order chi connectivity index (χ0) is 13.0. The summed E-state index contributed by atoms with van der Waals surface area (Å²) in [6.07, 6.45) is 3.45. The van der Waals surface area contributed by atoms with Crippen molar-refractivity contribution in [2.75, 3.05) is 13.1 Å². The van der Waals surface area contributed by atoms with Gasteiger partial charge in [-0.25, -0.2) is 0 Å². The maximum atomic E-state index is 11.7. The van der Waals surface area contributed by atoms with Gasteiger partial charge in [-0.1, -0.05) is 30.3 Å². The van der Waals surface area contributed by atoms with Crippen molar-refractivity contribution in [2.24, 2.45) is 5.92 Å². The lowest BCUT2D eigenvalue weighted by Gasteiger charge is -2.37. The molecule has 0 atom stereocenters. The first-order valence-electron chi connectivity index (χ1n) is 5.89. The van der Waals surface area contributed by atoms with E-state index in [2.05, 4.69) is 0 Å². The summed E-state index contributed by atoms with van der Waals surface area (Å²) in [7, 11) is 0. The van der Waals surface area contributed by atoms with Crippen LogP contribution in [0.25, 0.3) is 6.08 Å². The highest BCUT2D eigenvalue weighted by atomic mass is 16.4. The second-order valence-corrected chi connectivity index (χ2v) is 4.45. The molecular weight excluding hydrogens is 230 g/mol. The number of aliphatic carboxylic acids is 1. The summed E-state index contributed by atoms with van der Waals surface area (Å²) in [5, 5.41) is 8.61. The average molecular weight is 245 g/mol. The Hall–Kier alpha value is -2.10. The van der Waals surface area contributed by atoms with Gasteiger partial charge in [-0.2, -0.15) is 0 Å². The van der Waals surface area contributed by atoms with E-state index in [0.717, 1.165) is 5.56 Å². The van der Waals surface area contributed by atoms with Crippen LogP contribution in [0, 0.1) is 5.92 Å². The van der Waals surface area contributed by atoms with Gasteiger partial charge < -0.3 is 10.0 Å². The van der Waals surface area contributed by atoms with Crippen molar-refractivity contribution in [3.63, 3.8) is 0 Å². The number of carboxylic acids is 1. The second kappa shape index (κ2) is 5.49. The predicted molar refractivity (Wildman–Crippen MR) is 67.8 cm³/mol. The van der Waals surface area contributed by atoms with Crippen LogP contribution in [0.4, 0.5) is 0 Å². The van der Waals surface area contributed by atoms with Crippen LogP contribution in [0.15, 0.2) is 36.4 Å². The van der Waals surface area contributed by atoms with Gasteiger partial charge in [0.2, 0.25) is 5.91 Å². The molecule has 0 aromatic heterocycles. The monoisotopic (exact) mass is 245 g/mol. The highest BCUT2D eigenvalue weighted by Gasteiger charge is 2.30. The number of amides is 1. The summed E-state index contributed by atoms with van der Waals surface area (Å²) in [6.45, 7) is 1.09. The van der Waals surface area contributed by atoms with E-state index < -0.39 is 5.97 Å². The van der Waals surface area contributed by atoms with E-state index in [4.69, 9.17) is 5.11 Å². The van der Waals surface area contributed by atoms with Crippen LogP contribution in [-0.2, 0) is 9.59 Å². The number of benzene rings is 1. The maximum Gasteiger partial charge on any atom is 0.303 e. The summed E-state index contributed by atoms with van der Waals surface area (Å²) in [5.41, 5.74) is 0.980. The fourth-order valence-corrected chi connectivity index (χ4v) is 1.96. The zero-order valence-electron chi connectivity index (χ0n) is 9.95. The first kappa shape index (κ1) is 12.4. The lowest BCUT2D eigenvalue weighted by atomic mass is 9.96. The number of nitrogens with zero attached hydrogens (tertiary/aromatic N) is 1. The Bertz CT molecular complexity index is 461. The molecule has 4 nitrogen and oxygen atoms in total. The van der Waals surface area contributed by atoms with E-state index in [0.29, 0.717) is 13.1 Å². The Kier molecular flexibility index (Phi) is 3.77. The van der Waals surface area contributed by atoms with E-state index in [1.807, 2.05) is 30.3 Å². The molecule has 0 aliphatic carbocycles. The largest absolute Gasteiger partial charge is 0.481 e. The third-order valence-electron chi connectivity index (χ3n) is 2.95. The fraction of sp³-hybridized carbons (Fsp3) is 0.286. The molecule has 0 bridgehead atoms. The molecule has 0 spiro atoms. The third kappa shape index (κ3) is 3.20. The van der Waals surface area contributed by atoms with Crippen LogP contribution in [0.1, 0.15) is 12.0 Å². The molecule has 1 amide bonds. The van der Waals surface area contributed by atoms with Crippen LogP contribution in [0.5, 0.6) is 0 Å². The van der Waals surface area contributed by atoms with Crippen LogP contribution < -0.4 is 0 Å². The summed E-state index contributed by atoms with van der Waals surface area (Å²) in [4.78, 5) is 23.9. The van der Waals surface area contributed by atoms with Crippen molar-refractivity contribution < 1.29 is 14.7 Å². The molecular formula is C14H15NO3. The minimum atomic E-state index is -0.799. The Morgan fingerprint density at radius 1 is 1.28 bits per heavy atom. The molecule has 4 heteroatoms. The molecule has 1 fully saturated rings. The Morgan fingerprint density at radius 3 is 2.56 bits per heavy atom. The molecule has 0 unspecified atom stereocenters. The van der Waals surface area contributed by atoms with Crippen molar-refractivity contribution in [1.29, 1.82) is 0 Å². The standard InChI is InChI=1S/C14H15NO3/c16-13(7-6-11-4-2-1-3-5-11)15-9-12(10-15)8-14(17)18/h1-7,12H,8-10H2,(H,17,18). The maximum absolute atomic E-state index is 11.7. The van der Waals surface area contributed by atoms with E-state index >= 15 is 0 Å². The first-order chi connectivity index (χ1) is 8.65. The Labute approximate surface area is 106 Å². The first-order valence-corrected chi connectivity index (χ1v) is 5.89. The highest BCUT2D eigenvalue weighted by Crippen LogP contribution is 2.19. The van der Waals surface area contributed by atoms with Gasteiger partial charge in [0.25, 0.3) is 0 Å². The van der Waals surface area contributed by atoms with Gasteiger partial charge in [0, 0.05) is 25.1 Å². The molecule has 0 radical (unpaired) electrons. The number of carboxylic acid groups (broad SMARTS) is 1. The van der Waals surface area contributed by atoms with Crippen molar-refractivity contribution in [1.82, 2.24) is 4.90 Å². The molecule has 1 aliphatic heterocycles. The van der Waals surface area contributed by atoms with Crippen molar-refractivity contribution in [2.45, 2.75) is 6.42 Å². The van der Waals surface area contributed by atoms with Crippen molar-refractivity contribution in [3.05, 3.63) is 42.0 Å². The molecule has 1 saturated heterocycles. The number of carbonyl (C=O) groups is 2. The zero-order valence-corrected chi connectivity index (χ0v) is 9.95. The summed E-state index contributed by atoms with van der Waals surface area (Å²) < 4.78 is 0. The van der Waals surface area contributed by atoms with Crippen molar-refractivity contribution >= 4 is 18.0 Å². The number of carbonyl (C=O) groups excluding carboxylic acids is 1.